The summed E-state index contributed by atoms with van der Waals surface area (Å²) < 4.78 is 17.1. The smallest absolute Gasteiger partial charge is 0.203 e. The number of methoxy groups -OCH3 is 3. The molecule has 2 N–H and O–H groups in total. The number of benzene rings is 1. The van der Waals surface area contributed by atoms with Crippen LogP contribution in [0.25, 0.3) is 0 Å². The Morgan fingerprint density at radius 1 is 1.06 bits per heavy atom. The van der Waals surface area contributed by atoms with Crippen LogP contribution in [0.15, 0.2) is 10.5 Å². The highest BCUT2D eigenvalue weighted by molar-refractivity contribution is 9.10. The van der Waals surface area contributed by atoms with Gasteiger partial charge in [-0.3, -0.25) is 0 Å². The average Bonchev–Trinajstić information content (AvgIpc) is 2.39. The first-order valence-corrected chi connectivity index (χ1v) is 6.66. The molecule has 0 unspecified atom stereocenters. The lowest BCUT2D eigenvalue weighted by Gasteiger charge is -2.17. The van der Waals surface area contributed by atoms with Crippen LogP contribution in [0.4, 0.5) is 0 Å². The van der Waals surface area contributed by atoms with Gasteiger partial charge in [-0.05, 0) is 31.9 Å². The summed E-state index contributed by atoms with van der Waals surface area (Å²) in [6.45, 7) is 0.702. The van der Waals surface area contributed by atoms with Crippen molar-refractivity contribution < 1.29 is 14.2 Å². The monoisotopic (exact) mass is 317 g/mol. The Balaban J connectivity index is 3.14. The van der Waals surface area contributed by atoms with Gasteiger partial charge in [0.1, 0.15) is 0 Å². The molecule has 18 heavy (non-hydrogen) atoms. The van der Waals surface area contributed by atoms with Crippen molar-refractivity contribution in [2.45, 2.75) is 19.3 Å². The number of rotatable bonds is 7. The van der Waals surface area contributed by atoms with E-state index in [9.17, 15) is 0 Å². The largest absolute Gasteiger partial charge is 0.493 e. The molecule has 0 aliphatic carbocycles. The van der Waals surface area contributed by atoms with Gasteiger partial charge in [-0.1, -0.05) is 15.9 Å². The van der Waals surface area contributed by atoms with E-state index in [-0.39, 0.29) is 0 Å². The fourth-order valence-electron chi connectivity index (χ4n) is 1.87. The third-order valence-corrected chi connectivity index (χ3v) is 3.47. The number of nitrogens with two attached hydrogens (primary N) is 1. The Hall–Kier alpha value is -0.940. The van der Waals surface area contributed by atoms with Crippen LogP contribution < -0.4 is 19.9 Å². The molecule has 0 aliphatic heterocycles. The van der Waals surface area contributed by atoms with E-state index in [1.54, 1.807) is 21.3 Å². The van der Waals surface area contributed by atoms with Crippen molar-refractivity contribution in [1.29, 1.82) is 0 Å². The fourth-order valence-corrected chi connectivity index (χ4v) is 2.45. The zero-order valence-corrected chi connectivity index (χ0v) is 12.7. The fraction of sp³-hybridized carbons (Fsp3) is 0.538. The molecule has 0 fully saturated rings. The molecule has 0 bridgehead atoms. The minimum absolute atomic E-state index is 0.631. The lowest BCUT2D eigenvalue weighted by atomic mass is 10.1. The molecule has 0 amide bonds. The van der Waals surface area contributed by atoms with Crippen molar-refractivity contribution in [2.24, 2.45) is 5.73 Å². The summed E-state index contributed by atoms with van der Waals surface area (Å²) in [5, 5.41) is 0. The molecular formula is C13H20BrNO3. The molecule has 0 aliphatic rings. The van der Waals surface area contributed by atoms with Gasteiger partial charge < -0.3 is 19.9 Å². The number of halogens is 1. The van der Waals surface area contributed by atoms with E-state index in [4.69, 9.17) is 19.9 Å². The quantitative estimate of drug-likeness (QED) is 0.786. The van der Waals surface area contributed by atoms with Crippen molar-refractivity contribution >= 4 is 15.9 Å². The van der Waals surface area contributed by atoms with E-state index < -0.39 is 0 Å². The Kier molecular flexibility index (Phi) is 6.29. The molecule has 0 aromatic heterocycles. The number of ether oxygens (including phenoxy) is 3. The van der Waals surface area contributed by atoms with E-state index in [1.165, 1.54) is 0 Å². The van der Waals surface area contributed by atoms with Crippen molar-refractivity contribution in [3.63, 3.8) is 0 Å². The van der Waals surface area contributed by atoms with Gasteiger partial charge in [-0.2, -0.15) is 0 Å². The minimum atomic E-state index is 0.631. The normalized spacial score (nSPS) is 10.3. The zero-order valence-electron chi connectivity index (χ0n) is 11.1. The molecule has 0 saturated heterocycles. The predicted octanol–water partition coefficient (Wildman–Crippen LogP) is 2.76. The van der Waals surface area contributed by atoms with Crippen LogP contribution in [0, 0.1) is 0 Å². The van der Waals surface area contributed by atoms with Crippen LogP contribution >= 0.6 is 15.9 Å². The molecule has 0 heterocycles. The molecule has 0 radical (unpaired) electrons. The van der Waals surface area contributed by atoms with Crippen molar-refractivity contribution in [3.05, 3.63) is 16.1 Å². The molecule has 4 nitrogen and oxygen atoms in total. The maximum absolute atomic E-state index is 5.52. The topological polar surface area (TPSA) is 53.7 Å². The van der Waals surface area contributed by atoms with Crippen LogP contribution in [0.1, 0.15) is 18.4 Å². The first kappa shape index (κ1) is 15.1. The molecule has 5 heteroatoms. The molecule has 0 saturated carbocycles. The Labute approximate surface area is 117 Å². The van der Waals surface area contributed by atoms with Gasteiger partial charge >= 0.3 is 0 Å². The molecule has 1 rings (SSSR count). The predicted molar refractivity (Wildman–Crippen MR) is 75.8 cm³/mol. The van der Waals surface area contributed by atoms with Crippen molar-refractivity contribution in [1.82, 2.24) is 0 Å². The number of hydrogen-bond acceptors (Lipinski definition) is 4. The molecular weight excluding hydrogens is 298 g/mol. The van der Waals surface area contributed by atoms with Gasteiger partial charge in [0.15, 0.2) is 11.5 Å². The van der Waals surface area contributed by atoms with Gasteiger partial charge in [0.25, 0.3) is 0 Å². The second-order valence-electron chi connectivity index (χ2n) is 3.85. The van der Waals surface area contributed by atoms with Crippen molar-refractivity contribution in [2.75, 3.05) is 27.9 Å². The van der Waals surface area contributed by atoms with Crippen LogP contribution in [0.2, 0.25) is 0 Å². The Morgan fingerprint density at radius 3 is 2.22 bits per heavy atom. The maximum atomic E-state index is 5.52. The molecule has 0 spiro atoms. The summed E-state index contributed by atoms with van der Waals surface area (Å²) in [7, 11) is 4.85. The highest BCUT2D eigenvalue weighted by Crippen LogP contribution is 2.44. The third-order valence-electron chi connectivity index (χ3n) is 2.76. The average molecular weight is 318 g/mol. The standard InChI is InChI=1S/C13H20BrNO3/c1-16-11-8-10(14)9(6-4-5-7-15)12(17-2)13(11)18-3/h8H,4-7,15H2,1-3H3. The van der Waals surface area contributed by atoms with E-state index in [0.717, 1.165) is 35.0 Å². The molecule has 102 valence electrons. The van der Waals surface area contributed by atoms with Crippen LogP contribution in [-0.2, 0) is 6.42 Å². The molecule has 1 aromatic carbocycles. The van der Waals surface area contributed by atoms with Crippen LogP contribution in [-0.4, -0.2) is 27.9 Å². The van der Waals surface area contributed by atoms with Crippen molar-refractivity contribution in [3.8, 4) is 17.2 Å². The van der Waals surface area contributed by atoms with Crippen LogP contribution in [0.5, 0.6) is 17.2 Å². The first-order chi connectivity index (χ1) is 8.69. The second-order valence-corrected chi connectivity index (χ2v) is 4.71. The van der Waals surface area contributed by atoms with E-state index in [2.05, 4.69) is 15.9 Å². The van der Waals surface area contributed by atoms with Gasteiger partial charge in [0.2, 0.25) is 5.75 Å². The summed E-state index contributed by atoms with van der Waals surface area (Å²) >= 11 is 3.55. The summed E-state index contributed by atoms with van der Waals surface area (Å²) in [6, 6.07) is 1.90. The van der Waals surface area contributed by atoms with Gasteiger partial charge in [0, 0.05) is 10.0 Å². The summed E-state index contributed by atoms with van der Waals surface area (Å²) in [5.41, 5.74) is 6.60. The highest BCUT2D eigenvalue weighted by Gasteiger charge is 2.18. The van der Waals surface area contributed by atoms with Gasteiger partial charge in [-0.15, -0.1) is 0 Å². The maximum Gasteiger partial charge on any atom is 0.203 e. The van der Waals surface area contributed by atoms with E-state index in [0.29, 0.717) is 18.0 Å². The summed E-state index contributed by atoms with van der Waals surface area (Å²) in [5.74, 6) is 2.01. The van der Waals surface area contributed by atoms with E-state index >= 15 is 0 Å². The van der Waals surface area contributed by atoms with Crippen LogP contribution in [0.3, 0.4) is 0 Å². The van der Waals surface area contributed by atoms with Gasteiger partial charge in [0.05, 0.1) is 21.3 Å². The Bertz CT molecular complexity index is 396. The molecule has 0 atom stereocenters. The first-order valence-electron chi connectivity index (χ1n) is 5.87. The summed E-state index contributed by atoms with van der Waals surface area (Å²) in [6.07, 6.45) is 2.90. The van der Waals surface area contributed by atoms with E-state index in [1.807, 2.05) is 6.07 Å². The molecule has 1 aromatic rings. The highest BCUT2D eigenvalue weighted by atomic mass is 79.9. The number of hydrogen-bond donors (Lipinski definition) is 1. The lowest BCUT2D eigenvalue weighted by molar-refractivity contribution is 0.321. The number of unbranched alkanes of at least 4 members (excludes halogenated alkanes) is 1. The SMILES string of the molecule is COc1cc(Br)c(CCCCN)c(OC)c1OC. The third kappa shape index (κ3) is 3.29. The Morgan fingerprint density at radius 2 is 1.72 bits per heavy atom. The zero-order chi connectivity index (χ0) is 13.5. The lowest BCUT2D eigenvalue weighted by Crippen LogP contribution is -2.02. The minimum Gasteiger partial charge on any atom is -0.493 e. The summed E-state index contributed by atoms with van der Waals surface area (Å²) in [4.78, 5) is 0. The second kappa shape index (κ2) is 7.48. The van der Waals surface area contributed by atoms with Gasteiger partial charge in [-0.25, -0.2) is 0 Å².